The highest BCUT2D eigenvalue weighted by molar-refractivity contribution is 5.51. The summed E-state index contributed by atoms with van der Waals surface area (Å²) in [6.07, 6.45) is 1.62. The molecule has 1 rings (SSSR count). The minimum absolute atomic E-state index is 0.0269. The number of pyridine rings is 1. The minimum atomic E-state index is -0.0769. The van der Waals surface area contributed by atoms with Gasteiger partial charge in [-0.05, 0) is 18.1 Å². The summed E-state index contributed by atoms with van der Waals surface area (Å²) in [6.45, 7) is 4.03. The maximum absolute atomic E-state index is 9.15. The van der Waals surface area contributed by atoms with E-state index in [9.17, 15) is 0 Å². The van der Waals surface area contributed by atoms with E-state index >= 15 is 0 Å². The second-order valence-corrected chi connectivity index (χ2v) is 3.69. The zero-order valence-corrected chi connectivity index (χ0v) is 8.94. The molecule has 1 aromatic heterocycles. The Labute approximate surface area is 89.6 Å². The summed E-state index contributed by atoms with van der Waals surface area (Å²) < 4.78 is 0. The Bertz CT molecular complexity index is 357. The van der Waals surface area contributed by atoms with Crippen LogP contribution < -0.4 is 5.32 Å². The fraction of sp³-hybridized carbons (Fsp3) is 0.455. The summed E-state index contributed by atoms with van der Waals surface area (Å²) in [5.41, 5.74) is 0.497. The van der Waals surface area contributed by atoms with Crippen molar-refractivity contribution in [1.29, 1.82) is 5.26 Å². The highest BCUT2D eigenvalue weighted by Crippen LogP contribution is 2.14. The first-order valence-corrected chi connectivity index (χ1v) is 4.91. The van der Waals surface area contributed by atoms with Crippen LogP contribution in [0.15, 0.2) is 18.3 Å². The largest absolute Gasteiger partial charge is 0.394 e. The van der Waals surface area contributed by atoms with Crippen LogP contribution in [0.1, 0.15) is 19.4 Å². The smallest absolute Gasteiger partial charge is 0.144 e. The minimum Gasteiger partial charge on any atom is -0.394 e. The fourth-order valence-electron chi connectivity index (χ4n) is 1.21. The van der Waals surface area contributed by atoms with Crippen molar-refractivity contribution in [2.75, 3.05) is 11.9 Å². The van der Waals surface area contributed by atoms with E-state index in [-0.39, 0.29) is 18.6 Å². The van der Waals surface area contributed by atoms with Gasteiger partial charge in [-0.1, -0.05) is 13.8 Å². The second kappa shape index (κ2) is 5.32. The van der Waals surface area contributed by atoms with Crippen LogP contribution in [0.5, 0.6) is 0 Å². The predicted molar refractivity (Wildman–Crippen MR) is 58.3 cm³/mol. The second-order valence-electron chi connectivity index (χ2n) is 3.69. The third-order valence-corrected chi connectivity index (χ3v) is 2.25. The SMILES string of the molecule is CC(C)[C@@H](CO)Nc1ncccc1C#N. The standard InChI is InChI=1S/C11H15N3O/c1-8(2)10(7-15)14-11-9(6-12)4-3-5-13-11/h3-5,8,10,15H,7H2,1-2H3,(H,13,14)/t10-/m1/s1. The number of aliphatic hydroxyl groups excluding tert-OH is 1. The number of hydrogen-bond donors (Lipinski definition) is 2. The number of nitrogens with zero attached hydrogens (tertiary/aromatic N) is 2. The molecule has 0 saturated heterocycles. The molecule has 1 atom stereocenters. The Balaban J connectivity index is 2.84. The summed E-state index contributed by atoms with van der Waals surface area (Å²) in [7, 11) is 0. The van der Waals surface area contributed by atoms with E-state index in [1.54, 1.807) is 18.3 Å². The molecule has 15 heavy (non-hydrogen) atoms. The number of anilines is 1. The predicted octanol–water partition coefficient (Wildman–Crippen LogP) is 1.38. The Morgan fingerprint density at radius 2 is 2.33 bits per heavy atom. The molecule has 2 N–H and O–H groups in total. The molecular formula is C11H15N3O. The quantitative estimate of drug-likeness (QED) is 0.779. The maximum Gasteiger partial charge on any atom is 0.144 e. The summed E-state index contributed by atoms with van der Waals surface area (Å²) in [5.74, 6) is 0.816. The van der Waals surface area contributed by atoms with E-state index in [1.807, 2.05) is 13.8 Å². The molecule has 4 nitrogen and oxygen atoms in total. The zero-order chi connectivity index (χ0) is 11.3. The van der Waals surface area contributed by atoms with Crippen molar-refractivity contribution in [3.05, 3.63) is 23.9 Å². The summed E-state index contributed by atoms with van der Waals surface area (Å²) in [4.78, 5) is 4.07. The van der Waals surface area contributed by atoms with E-state index in [4.69, 9.17) is 10.4 Å². The van der Waals surface area contributed by atoms with Crippen LogP contribution in [0.4, 0.5) is 5.82 Å². The molecule has 0 saturated carbocycles. The van der Waals surface area contributed by atoms with E-state index in [0.717, 1.165) is 0 Å². The number of aromatic nitrogens is 1. The molecule has 0 aliphatic carbocycles. The van der Waals surface area contributed by atoms with E-state index < -0.39 is 0 Å². The molecule has 0 aliphatic rings. The fourth-order valence-corrected chi connectivity index (χ4v) is 1.21. The zero-order valence-electron chi connectivity index (χ0n) is 8.94. The molecular weight excluding hydrogens is 190 g/mol. The molecule has 1 aromatic rings. The van der Waals surface area contributed by atoms with Gasteiger partial charge in [-0.2, -0.15) is 5.26 Å². The number of nitrogens with one attached hydrogen (secondary N) is 1. The van der Waals surface area contributed by atoms with Crippen LogP contribution in [0.3, 0.4) is 0 Å². The number of rotatable bonds is 4. The van der Waals surface area contributed by atoms with E-state index in [1.165, 1.54) is 0 Å². The van der Waals surface area contributed by atoms with Gasteiger partial charge >= 0.3 is 0 Å². The van der Waals surface area contributed by atoms with Gasteiger partial charge in [0.2, 0.25) is 0 Å². The lowest BCUT2D eigenvalue weighted by molar-refractivity contribution is 0.249. The first-order chi connectivity index (χ1) is 7.19. The van der Waals surface area contributed by atoms with E-state index in [2.05, 4.69) is 16.4 Å². The van der Waals surface area contributed by atoms with Crippen LogP contribution in [0.2, 0.25) is 0 Å². The first kappa shape index (κ1) is 11.5. The van der Waals surface area contributed by atoms with Gasteiger partial charge in [-0.3, -0.25) is 0 Å². The molecule has 4 heteroatoms. The van der Waals surface area contributed by atoms with E-state index in [0.29, 0.717) is 11.4 Å². The Morgan fingerprint density at radius 1 is 1.60 bits per heavy atom. The van der Waals surface area contributed by atoms with Gasteiger partial charge in [0.25, 0.3) is 0 Å². The van der Waals surface area contributed by atoms with Gasteiger partial charge in [0, 0.05) is 6.20 Å². The van der Waals surface area contributed by atoms with Crippen molar-refractivity contribution in [3.63, 3.8) is 0 Å². The number of hydrogen-bond acceptors (Lipinski definition) is 4. The Hall–Kier alpha value is -1.60. The molecule has 0 aliphatic heterocycles. The first-order valence-electron chi connectivity index (χ1n) is 4.91. The highest BCUT2D eigenvalue weighted by Gasteiger charge is 2.13. The third kappa shape index (κ3) is 2.93. The van der Waals surface area contributed by atoms with Gasteiger partial charge in [-0.15, -0.1) is 0 Å². The molecule has 0 amide bonds. The Morgan fingerprint density at radius 3 is 2.87 bits per heavy atom. The summed E-state index contributed by atoms with van der Waals surface area (Å²) in [5, 5.41) is 21.1. The van der Waals surface area contributed by atoms with Gasteiger partial charge < -0.3 is 10.4 Å². The number of aliphatic hydroxyl groups is 1. The average Bonchev–Trinajstić information content (AvgIpc) is 2.25. The van der Waals surface area contributed by atoms with Crippen molar-refractivity contribution in [2.45, 2.75) is 19.9 Å². The highest BCUT2D eigenvalue weighted by atomic mass is 16.3. The molecule has 80 valence electrons. The van der Waals surface area contributed by atoms with Gasteiger partial charge in [0.05, 0.1) is 18.2 Å². The summed E-state index contributed by atoms with van der Waals surface area (Å²) in [6, 6.07) is 5.39. The van der Waals surface area contributed by atoms with Crippen molar-refractivity contribution in [3.8, 4) is 6.07 Å². The molecule has 0 spiro atoms. The average molecular weight is 205 g/mol. The lowest BCUT2D eigenvalue weighted by Gasteiger charge is -2.20. The molecule has 0 fully saturated rings. The molecule has 0 bridgehead atoms. The molecule has 0 radical (unpaired) electrons. The molecule has 1 heterocycles. The van der Waals surface area contributed by atoms with Crippen LogP contribution in [-0.2, 0) is 0 Å². The monoisotopic (exact) mass is 205 g/mol. The van der Waals surface area contributed by atoms with Gasteiger partial charge in [0.1, 0.15) is 11.9 Å². The topological polar surface area (TPSA) is 68.9 Å². The van der Waals surface area contributed by atoms with Gasteiger partial charge in [0.15, 0.2) is 0 Å². The van der Waals surface area contributed by atoms with Crippen molar-refractivity contribution < 1.29 is 5.11 Å². The molecule has 0 unspecified atom stereocenters. The Kier molecular flexibility index (Phi) is 4.07. The van der Waals surface area contributed by atoms with Crippen molar-refractivity contribution >= 4 is 5.82 Å². The maximum atomic E-state index is 9.15. The van der Waals surface area contributed by atoms with Crippen molar-refractivity contribution in [2.24, 2.45) is 5.92 Å². The molecule has 0 aromatic carbocycles. The van der Waals surface area contributed by atoms with Crippen LogP contribution in [0.25, 0.3) is 0 Å². The third-order valence-electron chi connectivity index (χ3n) is 2.25. The lowest BCUT2D eigenvalue weighted by Crippen LogP contribution is -2.30. The van der Waals surface area contributed by atoms with Crippen LogP contribution in [0, 0.1) is 17.2 Å². The van der Waals surface area contributed by atoms with Gasteiger partial charge in [-0.25, -0.2) is 4.98 Å². The normalized spacial score (nSPS) is 12.2. The van der Waals surface area contributed by atoms with Crippen LogP contribution in [-0.4, -0.2) is 22.7 Å². The lowest BCUT2D eigenvalue weighted by atomic mass is 10.1. The number of nitriles is 1. The van der Waals surface area contributed by atoms with Crippen molar-refractivity contribution in [1.82, 2.24) is 4.98 Å². The van der Waals surface area contributed by atoms with Crippen LogP contribution >= 0.6 is 0 Å². The summed E-state index contributed by atoms with van der Waals surface area (Å²) >= 11 is 0.